The number of amides is 1. The Labute approximate surface area is 143 Å². The van der Waals surface area contributed by atoms with Gasteiger partial charge in [0.2, 0.25) is 5.91 Å². The van der Waals surface area contributed by atoms with Crippen molar-refractivity contribution in [2.24, 2.45) is 11.7 Å². The van der Waals surface area contributed by atoms with Gasteiger partial charge < -0.3 is 11.1 Å². The first kappa shape index (κ1) is 19.2. The van der Waals surface area contributed by atoms with Crippen LogP contribution in [0.3, 0.4) is 0 Å². The Morgan fingerprint density at radius 1 is 1.41 bits per heavy atom. The zero-order valence-corrected chi connectivity index (χ0v) is 14.5. The van der Waals surface area contributed by atoms with Crippen molar-refractivity contribution >= 4 is 29.9 Å². The summed E-state index contributed by atoms with van der Waals surface area (Å²) in [5, 5.41) is 3.66. The molecule has 1 amide bonds. The summed E-state index contributed by atoms with van der Waals surface area (Å²) in [7, 11) is 0. The second-order valence-corrected chi connectivity index (χ2v) is 6.33. The second-order valence-electron chi connectivity index (χ2n) is 5.89. The van der Waals surface area contributed by atoms with Gasteiger partial charge in [0.15, 0.2) is 0 Å². The number of nitrogens with one attached hydrogen (secondary N) is 1. The first-order valence-electron chi connectivity index (χ1n) is 7.53. The van der Waals surface area contributed by atoms with Crippen molar-refractivity contribution in [1.82, 2.24) is 10.2 Å². The van der Waals surface area contributed by atoms with E-state index in [-0.39, 0.29) is 18.3 Å². The van der Waals surface area contributed by atoms with Crippen LogP contribution in [-0.4, -0.2) is 36.5 Å². The second kappa shape index (κ2) is 9.36. The zero-order chi connectivity index (χ0) is 15.2. The number of halogens is 2. The van der Waals surface area contributed by atoms with E-state index in [0.29, 0.717) is 36.6 Å². The molecule has 1 aliphatic rings. The molecule has 1 aromatic rings. The summed E-state index contributed by atoms with van der Waals surface area (Å²) >= 11 is 5.84. The highest BCUT2D eigenvalue weighted by atomic mass is 35.5. The van der Waals surface area contributed by atoms with Crippen LogP contribution in [0.2, 0.25) is 5.02 Å². The van der Waals surface area contributed by atoms with Gasteiger partial charge in [0.25, 0.3) is 0 Å². The van der Waals surface area contributed by atoms with Crippen LogP contribution >= 0.6 is 24.0 Å². The lowest BCUT2D eigenvalue weighted by molar-refractivity contribution is -0.123. The molecule has 1 aromatic carbocycles. The monoisotopic (exact) mass is 345 g/mol. The van der Waals surface area contributed by atoms with Crippen LogP contribution < -0.4 is 11.1 Å². The molecule has 1 heterocycles. The molecule has 0 aliphatic carbocycles. The SMILES string of the molecule is CC1CCN(CC(=O)NCc2ccc(Cl)cc2)C(CN)C1.Cl. The lowest BCUT2D eigenvalue weighted by atomic mass is 9.92. The van der Waals surface area contributed by atoms with Gasteiger partial charge in [-0.05, 0) is 43.0 Å². The largest absolute Gasteiger partial charge is 0.351 e. The number of carbonyl (C=O) groups is 1. The highest BCUT2D eigenvalue weighted by Gasteiger charge is 2.26. The number of nitrogens with two attached hydrogens (primary N) is 1. The van der Waals surface area contributed by atoms with Crippen LogP contribution in [0.5, 0.6) is 0 Å². The van der Waals surface area contributed by atoms with E-state index in [1.165, 1.54) is 0 Å². The van der Waals surface area contributed by atoms with E-state index in [2.05, 4.69) is 17.1 Å². The zero-order valence-electron chi connectivity index (χ0n) is 12.9. The molecule has 0 bridgehead atoms. The number of carbonyl (C=O) groups excluding carboxylic acids is 1. The first-order valence-corrected chi connectivity index (χ1v) is 7.91. The van der Waals surface area contributed by atoms with E-state index >= 15 is 0 Å². The molecule has 0 aromatic heterocycles. The smallest absolute Gasteiger partial charge is 0.234 e. The van der Waals surface area contributed by atoms with E-state index in [1.54, 1.807) is 0 Å². The third kappa shape index (κ3) is 5.76. The van der Waals surface area contributed by atoms with Gasteiger partial charge in [-0.25, -0.2) is 0 Å². The van der Waals surface area contributed by atoms with Crippen LogP contribution in [0, 0.1) is 5.92 Å². The molecule has 4 nitrogen and oxygen atoms in total. The molecular weight excluding hydrogens is 321 g/mol. The van der Waals surface area contributed by atoms with E-state index in [4.69, 9.17) is 17.3 Å². The Morgan fingerprint density at radius 2 is 2.09 bits per heavy atom. The standard InChI is InChI=1S/C16H24ClN3O.ClH/c1-12-6-7-20(15(8-12)9-18)11-16(21)19-10-13-2-4-14(17)5-3-13;/h2-5,12,15H,6-11,18H2,1H3,(H,19,21);1H. The van der Waals surface area contributed by atoms with Crippen molar-refractivity contribution in [2.75, 3.05) is 19.6 Å². The topological polar surface area (TPSA) is 58.4 Å². The number of hydrogen-bond acceptors (Lipinski definition) is 3. The van der Waals surface area contributed by atoms with Gasteiger partial charge in [0, 0.05) is 24.2 Å². The highest BCUT2D eigenvalue weighted by molar-refractivity contribution is 6.30. The van der Waals surface area contributed by atoms with Crippen molar-refractivity contribution in [3.63, 3.8) is 0 Å². The molecule has 2 unspecified atom stereocenters. The summed E-state index contributed by atoms with van der Waals surface area (Å²) in [5.74, 6) is 0.755. The molecule has 2 atom stereocenters. The maximum Gasteiger partial charge on any atom is 0.234 e. The average molecular weight is 346 g/mol. The van der Waals surface area contributed by atoms with Gasteiger partial charge in [0.1, 0.15) is 0 Å². The predicted molar refractivity (Wildman–Crippen MR) is 93.4 cm³/mol. The van der Waals surface area contributed by atoms with Crippen LogP contribution in [0.15, 0.2) is 24.3 Å². The summed E-state index contributed by atoms with van der Waals surface area (Å²) < 4.78 is 0. The van der Waals surface area contributed by atoms with Crippen LogP contribution in [0.4, 0.5) is 0 Å². The van der Waals surface area contributed by atoms with Gasteiger partial charge in [-0.3, -0.25) is 9.69 Å². The quantitative estimate of drug-likeness (QED) is 0.861. The van der Waals surface area contributed by atoms with E-state index in [9.17, 15) is 4.79 Å². The molecule has 3 N–H and O–H groups in total. The van der Waals surface area contributed by atoms with Gasteiger partial charge in [-0.15, -0.1) is 12.4 Å². The third-order valence-electron chi connectivity index (χ3n) is 4.12. The molecule has 0 saturated carbocycles. The number of hydrogen-bond donors (Lipinski definition) is 2. The maximum atomic E-state index is 12.1. The number of nitrogens with zero attached hydrogens (tertiary/aromatic N) is 1. The minimum atomic E-state index is 0. The summed E-state index contributed by atoms with van der Waals surface area (Å²) in [6, 6.07) is 7.84. The van der Waals surface area contributed by atoms with Crippen molar-refractivity contribution < 1.29 is 4.79 Å². The van der Waals surface area contributed by atoms with E-state index in [0.717, 1.165) is 24.9 Å². The lowest BCUT2D eigenvalue weighted by Crippen LogP contribution is -2.50. The molecule has 0 spiro atoms. The van der Waals surface area contributed by atoms with Crippen molar-refractivity contribution in [3.05, 3.63) is 34.9 Å². The molecule has 1 saturated heterocycles. The third-order valence-corrected chi connectivity index (χ3v) is 4.37. The normalized spacial score (nSPS) is 22.0. The number of likely N-dealkylation sites (tertiary alicyclic amines) is 1. The van der Waals surface area contributed by atoms with Gasteiger partial charge >= 0.3 is 0 Å². The Hall–Kier alpha value is -0.810. The number of piperidine rings is 1. The highest BCUT2D eigenvalue weighted by Crippen LogP contribution is 2.21. The Morgan fingerprint density at radius 3 is 2.73 bits per heavy atom. The maximum absolute atomic E-state index is 12.1. The van der Waals surface area contributed by atoms with Gasteiger partial charge in [-0.1, -0.05) is 30.7 Å². The summed E-state index contributed by atoms with van der Waals surface area (Å²) in [4.78, 5) is 14.3. The van der Waals surface area contributed by atoms with Crippen molar-refractivity contribution in [2.45, 2.75) is 32.4 Å². The molecule has 0 radical (unpaired) electrons. The van der Waals surface area contributed by atoms with Crippen molar-refractivity contribution in [1.29, 1.82) is 0 Å². The Balaban J connectivity index is 0.00000242. The van der Waals surface area contributed by atoms with Crippen LogP contribution in [0.25, 0.3) is 0 Å². The molecule has 22 heavy (non-hydrogen) atoms. The van der Waals surface area contributed by atoms with Gasteiger partial charge in [-0.2, -0.15) is 0 Å². The average Bonchev–Trinajstić information content (AvgIpc) is 2.48. The summed E-state index contributed by atoms with van der Waals surface area (Å²) in [5.41, 5.74) is 6.88. The fourth-order valence-corrected chi connectivity index (χ4v) is 2.92. The first-order chi connectivity index (χ1) is 10.1. The Bertz CT molecular complexity index is 467. The molecule has 124 valence electrons. The predicted octanol–water partition coefficient (Wildman–Crippen LogP) is 2.44. The molecule has 2 rings (SSSR count). The van der Waals surface area contributed by atoms with E-state index < -0.39 is 0 Å². The fraction of sp³-hybridized carbons (Fsp3) is 0.562. The molecule has 6 heteroatoms. The van der Waals surface area contributed by atoms with E-state index in [1.807, 2.05) is 24.3 Å². The number of rotatable bonds is 5. The van der Waals surface area contributed by atoms with Crippen LogP contribution in [0.1, 0.15) is 25.3 Å². The minimum absolute atomic E-state index is 0. The summed E-state index contributed by atoms with van der Waals surface area (Å²) in [6.45, 7) is 4.79. The minimum Gasteiger partial charge on any atom is -0.351 e. The molecule has 1 fully saturated rings. The Kier molecular flexibility index (Phi) is 8.18. The molecule has 1 aliphatic heterocycles. The fourth-order valence-electron chi connectivity index (χ4n) is 2.80. The van der Waals surface area contributed by atoms with Crippen molar-refractivity contribution in [3.8, 4) is 0 Å². The van der Waals surface area contributed by atoms with Gasteiger partial charge in [0.05, 0.1) is 6.54 Å². The summed E-state index contributed by atoms with van der Waals surface area (Å²) in [6.07, 6.45) is 2.22. The lowest BCUT2D eigenvalue weighted by Gasteiger charge is -2.37. The number of benzene rings is 1. The molecular formula is C16H25Cl2N3O. The van der Waals surface area contributed by atoms with Crippen LogP contribution in [-0.2, 0) is 11.3 Å².